The van der Waals surface area contributed by atoms with Gasteiger partial charge in [-0.25, -0.2) is 9.18 Å². The topological polar surface area (TPSA) is 38.3 Å². The fourth-order valence-corrected chi connectivity index (χ4v) is 3.07. The van der Waals surface area contributed by atoms with Gasteiger partial charge in [0.15, 0.2) is 0 Å². The van der Waals surface area contributed by atoms with Crippen molar-refractivity contribution < 1.29 is 13.9 Å². The van der Waals surface area contributed by atoms with Crippen LogP contribution in [0.3, 0.4) is 0 Å². The van der Waals surface area contributed by atoms with Crippen LogP contribution in [0.15, 0.2) is 18.2 Å². The molecule has 1 aliphatic heterocycles. The molecule has 0 radical (unpaired) electrons. The van der Waals surface area contributed by atoms with Gasteiger partial charge in [0.25, 0.3) is 0 Å². The first-order valence-corrected chi connectivity index (χ1v) is 7.08. The van der Waals surface area contributed by atoms with Gasteiger partial charge in [0.1, 0.15) is 5.82 Å². The van der Waals surface area contributed by atoms with Crippen molar-refractivity contribution in [3.8, 4) is 0 Å². The summed E-state index contributed by atoms with van der Waals surface area (Å²) in [6, 6.07) is 4.49. The zero-order chi connectivity index (χ0) is 13.0. The molecule has 0 aliphatic carbocycles. The van der Waals surface area contributed by atoms with E-state index >= 15 is 0 Å². The van der Waals surface area contributed by atoms with Crippen LogP contribution in [0.2, 0.25) is 0 Å². The number of hydrogen-bond acceptors (Lipinski definition) is 4. The molecule has 5 heteroatoms. The van der Waals surface area contributed by atoms with E-state index < -0.39 is 11.8 Å². The van der Waals surface area contributed by atoms with Crippen LogP contribution in [0.1, 0.15) is 23.2 Å². The van der Waals surface area contributed by atoms with Gasteiger partial charge in [0, 0.05) is 17.5 Å². The quantitative estimate of drug-likeness (QED) is 0.856. The molecule has 1 atom stereocenters. The van der Waals surface area contributed by atoms with Crippen LogP contribution < -0.4 is 5.32 Å². The molecule has 1 unspecified atom stereocenters. The normalized spacial score (nSPS) is 19.3. The minimum Gasteiger partial charge on any atom is -0.465 e. The molecule has 0 saturated carbocycles. The Bertz CT molecular complexity index is 433. The number of methoxy groups -OCH3 is 1. The zero-order valence-electron chi connectivity index (χ0n) is 10.2. The number of carbonyl (C=O) groups excluding carboxylic acids is 1. The molecule has 0 bridgehead atoms. The van der Waals surface area contributed by atoms with Crippen LogP contribution in [0, 0.1) is 5.82 Å². The molecule has 1 heterocycles. The highest BCUT2D eigenvalue weighted by Crippen LogP contribution is 2.24. The maximum Gasteiger partial charge on any atom is 0.340 e. The van der Waals surface area contributed by atoms with E-state index in [1.54, 1.807) is 6.07 Å². The molecule has 1 N–H and O–H groups in total. The minimum absolute atomic E-state index is 0.257. The lowest BCUT2D eigenvalue weighted by Crippen LogP contribution is -2.26. The van der Waals surface area contributed by atoms with Gasteiger partial charge in [0.2, 0.25) is 0 Å². The average molecular weight is 269 g/mol. The van der Waals surface area contributed by atoms with Crippen LogP contribution in [0.25, 0.3) is 0 Å². The Morgan fingerprint density at radius 2 is 2.39 bits per heavy atom. The second kappa shape index (κ2) is 6.09. The lowest BCUT2D eigenvalue weighted by atomic mass is 10.1. The first-order valence-electron chi connectivity index (χ1n) is 5.93. The van der Waals surface area contributed by atoms with Crippen molar-refractivity contribution in [2.24, 2.45) is 0 Å². The van der Waals surface area contributed by atoms with E-state index in [0.29, 0.717) is 11.7 Å². The van der Waals surface area contributed by atoms with E-state index in [2.05, 4.69) is 10.1 Å². The molecule has 2 rings (SSSR count). The third-order valence-electron chi connectivity index (χ3n) is 2.91. The predicted molar refractivity (Wildman–Crippen MR) is 71.7 cm³/mol. The number of rotatable bonds is 3. The SMILES string of the molecule is COC(=O)c1cc(F)ccc1NC1CCCSC1. The fourth-order valence-electron chi connectivity index (χ4n) is 2.00. The lowest BCUT2D eigenvalue weighted by Gasteiger charge is -2.24. The van der Waals surface area contributed by atoms with Gasteiger partial charge < -0.3 is 10.1 Å². The van der Waals surface area contributed by atoms with Crippen LogP contribution in [-0.4, -0.2) is 30.6 Å². The van der Waals surface area contributed by atoms with Crippen LogP contribution >= 0.6 is 11.8 Å². The average Bonchev–Trinajstić information content (AvgIpc) is 2.41. The summed E-state index contributed by atoms with van der Waals surface area (Å²) in [4.78, 5) is 11.6. The number of ether oxygens (including phenoxy) is 1. The molecule has 98 valence electrons. The van der Waals surface area contributed by atoms with Gasteiger partial charge in [0.05, 0.1) is 12.7 Å². The van der Waals surface area contributed by atoms with Crippen LogP contribution in [0.4, 0.5) is 10.1 Å². The molecule has 1 aliphatic rings. The fraction of sp³-hybridized carbons (Fsp3) is 0.462. The Morgan fingerprint density at radius 3 is 3.06 bits per heavy atom. The van der Waals surface area contributed by atoms with Crippen molar-refractivity contribution in [1.82, 2.24) is 0 Å². The van der Waals surface area contributed by atoms with Crippen LogP contribution in [0.5, 0.6) is 0 Å². The van der Waals surface area contributed by atoms with E-state index in [4.69, 9.17) is 0 Å². The number of hydrogen-bond donors (Lipinski definition) is 1. The minimum atomic E-state index is -0.513. The Labute approximate surface area is 110 Å². The molecule has 1 saturated heterocycles. The zero-order valence-corrected chi connectivity index (χ0v) is 11.1. The number of benzene rings is 1. The number of thioether (sulfide) groups is 1. The number of esters is 1. The highest BCUT2D eigenvalue weighted by atomic mass is 32.2. The van der Waals surface area contributed by atoms with Gasteiger partial charge in [-0.3, -0.25) is 0 Å². The van der Waals surface area contributed by atoms with Crippen molar-refractivity contribution >= 4 is 23.4 Å². The maximum absolute atomic E-state index is 13.2. The maximum atomic E-state index is 13.2. The summed E-state index contributed by atoms with van der Waals surface area (Å²) in [6.07, 6.45) is 2.24. The molecule has 1 aromatic carbocycles. The molecular weight excluding hydrogens is 253 g/mol. The summed E-state index contributed by atoms with van der Waals surface area (Å²) in [5.74, 6) is 1.25. The van der Waals surface area contributed by atoms with Gasteiger partial charge in [-0.2, -0.15) is 11.8 Å². The van der Waals surface area contributed by atoms with E-state index in [0.717, 1.165) is 18.6 Å². The summed E-state index contributed by atoms with van der Waals surface area (Å²) < 4.78 is 17.9. The lowest BCUT2D eigenvalue weighted by molar-refractivity contribution is 0.0601. The van der Waals surface area contributed by atoms with Crippen molar-refractivity contribution in [3.05, 3.63) is 29.6 Å². The summed E-state index contributed by atoms with van der Waals surface area (Å²) >= 11 is 1.89. The van der Waals surface area contributed by atoms with E-state index in [-0.39, 0.29) is 5.56 Å². The number of nitrogens with one attached hydrogen (secondary N) is 1. The molecular formula is C13H16FNO2S. The van der Waals surface area contributed by atoms with Crippen molar-refractivity contribution in [2.75, 3.05) is 23.9 Å². The third kappa shape index (κ3) is 3.16. The molecule has 1 aromatic rings. The third-order valence-corrected chi connectivity index (χ3v) is 4.12. The molecule has 1 fully saturated rings. The van der Waals surface area contributed by atoms with Crippen molar-refractivity contribution in [3.63, 3.8) is 0 Å². The second-order valence-electron chi connectivity index (χ2n) is 4.24. The first-order chi connectivity index (χ1) is 8.70. The largest absolute Gasteiger partial charge is 0.465 e. The highest BCUT2D eigenvalue weighted by Gasteiger charge is 2.18. The second-order valence-corrected chi connectivity index (χ2v) is 5.39. The molecule has 3 nitrogen and oxygen atoms in total. The molecule has 18 heavy (non-hydrogen) atoms. The molecule has 0 spiro atoms. The van der Waals surface area contributed by atoms with Gasteiger partial charge >= 0.3 is 5.97 Å². The summed E-state index contributed by atoms with van der Waals surface area (Å²) in [7, 11) is 1.30. The Hall–Kier alpha value is -1.23. The summed E-state index contributed by atoms with van der Waals surface area (Å²) in [6.45, 7) is 0. The monoisotopic (exact) mass is 269 g/mol. The van der Waals surface area contributed by atoms with Gasteiger partial charge in [-0.15, -0.1) is 0 Å². The first kappa shape index (κ1) is 13.2. The van der Waals surface area contributed by atoms with E-state index in [1.807, 2.05) is 11.8 Å². The standard InChI is InChI=1S/C13H16FNO2S/c1-17-13(16)11-7-9(14)4-5-12(11)15-10-3-2-6-18-8-10/h4-5,7,10,15H,2-3,6,8H2,1H3. The Balaban J connectivity index is 2.17. The Kier molecular flexibility index (Phi) is 4.47. The van der Waals surface area contributed by atoms with E-state index in [9.17, 15) is 9.18 Å². The smallest absolute Gasteiger partial charge is 0.340 e. The number of halogens is 1. The predicted octanol–water partition coefficient (Wildman–Crippen LogP) is 2.92. The summed E-state index contributed by atoms with van der Waals surface area (Å²) in [5, 5.41) is 3.30. The molecule has 0 amide bonds. The highest BCUT2D eigenvalue weighted by molar-refractivity contribution is 7.99. The van der Waals surface area contributed by atoms with Gasteiger partial charge in [-0.1, -0.05) is 0 Å². The number of carbonyl (C=O) groups is 1. The Morgan fingerprint density at radius 1 is 1.56 bits per heavy atom. The van der Waals surface area contributed by atoms with Crippen LogP contribution in [-0.2, 0) is 4.74 Å². The van der Waals surface area contributed by atoms with Gasteiger partial charge in [-0.05, 0) is 36.8 Å². The number of anilines is 1. The van der Waals surface area contributed by atoms with E-state index in [1.165, 1.54) is 25.0 Å². The van der Waals surface area contributed by atoms with Crippen molar-refractivity contribution in [2.45, 2.75) is 18.9 Å². The summed E-state index contributed by atoms with van der Waals surface area (Å²) in [5.41, 5.74) is 0.906. The van der Waals surface area contributed by atoms with Crippen molar-refractivity contribution in [1.29, 1.82) is 0 Å². The molecule has 0 aromatic heterocycles.